The molecule has 1 aromatic heterocycles. The van der Waals surface area contributed by atoms with Crippen LogP contribution in [-0.2, 0) is 0 Å². The minimum absolute atomic E-state index is 0.267. The summed E-state index contributed by atoms with van der Waals surface area (Å²) in [6.07, 6.45) is 5.52. The average Bonchev–Trinajstić information content (AvgIpc) is 2.75. The summed E-state index contributed by atoms with van der Waals surface area (Å²) in [4.78, 5) is 4.19. The number of nitrogens with one attached hydrogen (secondary N) is 2. The number of rotatable bonds is 3. The monoisotopic (exact) mass is 222 g/mol. The molecule has 0 aromatic carbocycles. The van der Waals surface area contributed by atoms with Crippen LogP contribution >= 0.6 is 0 Å². The van der Waals surface area contributed by atoms with Crippen LogP contribution in [0.15, 0.2) is 6.33 Å². The van der Waals surface area contributed by atoms with Crippen LogP contribution in [0.25, 0.3) is 0 Å². The van der Waals surface area contributed by atoms with Gasteiger partial charge in [-0.3, -0.25) is 5.10 Å². The summed E-state index contributed by atoms with van der Waals surface area (Å²) >= 11 is 0. The van der Waals surface area contributed by atoms with Crippen LogP contribution in [0.1, 0.15) is 51.9 Å². The van der Waals surface area contributed by atoms with Crippen molar-refractivity contribution in [1.82, 2.24) is 20.5 Å². The summed E-state index contributed by atoms with van der Waals surface area (Å²) < 4.78 is 0. The fraction of sp³-hybridized carbons (Fsp3) is 0.833. The second-order valence-corrected chi connectivity index (χ2v) is 5.26. The number of aromatic amines is 1. The average molecular weight is 222 g/mol. The molecule has 0 bridgehead atoms. The van der Waals surface area contributed by atoms with Crippen LogP contribution in [0, 0.1) is 11.8 Å². The van der Waals surface area contributed by atoms with E-state index in [4.69, 9.17) is 0 Å². The molecule has 1 aliphatic rings. The molecule has 16 heavy (non-hydrogen) atoms. The van der Waals surface area contributed by atoms with Crippen molar-refractivity contribution in [2.24, 2.45) is 11.8 Å². The summed E-state index contributed by atoms with van der Waals surface area (Å²) in [6, 6.07) is 0.889. The first-order valence-electron chi connectivity index (χ1n) is 6.28. The second-order valence-electron chi connectivity index (χ2n) is 5.26. The minimum atomic E-state index is 0.267. The van der Waals surface area contributed by atoms with Crippen molar-refractivity contribution >= 4 is 0 Å². The van der Waals surface area contributed by atoms with Gasteiger partial charge in [0.15, 0.2) is 0 Å². The molecule has 4 unspecified atom stereocenters. The fourth-order valence-electron chi connectivity index (χ4n) is 2.74. The van der Waals surface area contributed by atoms with Gasteiger partial charge in [-0.1, -0.05) is 13.8 Å². The smallest absolute Gasteiger partial charge is 0.141 e. The van der Waals surface area contributed by atoms with Crippen LogP contribution < -0.4 is 5.32 Å². The van der Waals surface area contributed by atoms with Gasteiger partial charge in [0.25, 0.3) is 0 Å². The summed E-state index contributed by atoms with van der Waals surface area (Å²) in [5.74, 6) is 2.58. The number of hydrogen-bond acceptors (Lipinski definition) is 3. The van der Waals surface area contributed by atoms with E-state index in [-0.39, 0.29) is 6.04 Å². The highest BCUT2D eigenvalue weighted by molar-refractivity contribution is 4.92. The number of nitrogens with zero attached hydrogens (tertiary/aromatic N) is 2. The molecule has 0 saturated heterocycles. The largest absolute Gasteiger partial charge is 0.304 e. The van der Waals surface area contributed by atoms with E-state index in [1.807, 2.05) is 0 Å². The molecular weight excluding hydrogens is 200 g/mol. The summed E-state index contributed by atoms with van der Waals surface area (Å²) in [6.45, 7) is 6.85. The highest BCUT2D eigenvalue weighted by Gasteiger charge is 2.26. The Balaban J connectivity index is 1.89. The molecule has 0 aliphatic heterocycles. The van der Waals surface area contributed by atoms with Crippen molar-refractivity contribution in [3.05, 3.63) is 12.2 Å². The lowest BCUT2D eigenvalue weighted by molar-refractivity contribution is 0.215. The van der Waals surface area contributed by atoms with Crippen molar-refractivity contribution < 1.29 is 0 Å². The highest BCUT2D eigenvalue weighted by atomic mass is 15.2. The molecular formula is C12H22N4. The van der Waals surface area contributed by atoms with E-state index in [1.54, 1.807) is 6.33 Å². The lowest BCUT2D eigenvalue weighted by Crippen LogP contribution is -2.40. The van der Waals surface area contributed by atoms with Gasteiger partial charge in [-0.15, -0.1) is 0 Å². The molecule has 2 N–H and O–H groups in total. The van der Waals surface area contributed by atoms with E-state index in [2.05, 4.69) is 41.3 Å². The molecule has 0 radical (unpaired) electrons. The maximum absolute atomic E-state index is 4.19. The van der Waals surface area contributed by atoms with Crippen LogP contribution in [-0.4, -0.2) is 21.2 Å². The Morgan fingerprint density at radius 2 is 2.25 bits per heavy atom. The molecule has 1 aromatic rings. The molecule has 1 saturated carbocycles. The van der Waals surface area contributed by atoms with Gasteiger partial charge >= 0.3 is 0 Å². The zero-order valence-electron chi connectivity index (χ0n) is 10.4. The van der Waals surface area contributed by atoms with Crippen LogP contribution in [0.5, 0.6) is 0 Å². The van der Waals surface area contributed by atoms with Gasteiger partial charge in [-0.05, 0) is 38.0 Å². The normalized spacial score (nSPS) is 32.6. The first-order chi connectivity index (χ1) is 7.66. The summed E-state index contributed by atoms with van der Waals surface area (Å²) in [5, 5.41) is 10.5. The van der Waals surface area contributed by atoms with Gasteiger partial charge in [0.2, 0.25) is 0 Å². The molecule has 4 atom stereocenters. The first-order valence-corrected chi connectivity index (χ1v) is 6.28. The minimum Gasteiger partial charge on any atom is -0.304 e. The van der Waals surface area contributed by atoms with E-state index < -0.39 is 0 Å². The molecule has 4 nitrogen and oxygen atoms in total. The van der Waals surface area contributed by atoms with Crippen molar-refractivity contribution in [3.8, 4) is 0 Å². The molecule has 0 amide bonds. The molecule has 1 fully saturated rings. The van der Waals surface area contributed by atoms with Crippen LogP contribution in [0.2, 0.25) is 0 Å². The summed E-state index contributed by atoms with van der Waals surface area (Å²) in [7, 11) is 0. The lowest BCUT2D eigenvalue weighted by atomic mass is 9.79. The topological polar surface area (TPSA) is 53.6 Å². The third kappa shape index (κ3) is 2.61. The molecule has 1 heterocycles. The highest BCUT2D eigenvalue weighted by Crippen LogP contribution is 2.29. The number of aromatic nitrogens is 3. The molecule has 0 spiro atoms. The molecule has 90 valence electrons. The van der Waals surface area contributed by atoms with Crippen molar-refractivity contribution in [3.63, 3.8) is 0 Å². The fourth-order valence-corrected chi connectivity index (χ4v) is 2.74. The third-order valence-corrected chi connectivity index (χ3v) is 3.74. The second kappa shape index (κ2) is 4.95. The number of H-pyrrole nitrogens is 1. The quantitative estimate of drug-likeness (QED) is 0.825. The SMILES string of the molecule is CC1CCC(NC(C)c2ncn[nH]2)C(C)C1. The van der Waals surface area contributed by atoms with Gasteiger partial charge < -0.3 is 5.32 Å². The van der Waals surface area contributed by atoms with Crippen molar-refractivity contribution in [2.75, 3.05) is 0 Å². The Labute approximate surface area is 97.2 Å². The zero-order valence-corrected chi connectivity index (χ0v) is 10.4. The van der Waals surface area contributed by atoms with E-state index in [0.717, 1.165) is 17.7 Å². The van der Waals surface area contributed by atoms with Gasteiger partial charge in [-0.2, -0.15) is 5.10 Å². The number of hydrogen-bond donors (Lipinski definition) is 2. The maximum Gasteiger partial charge on any atom is 0.141 e. The lowest BCUT2D eigenvalue weighted by Gasteiger charge is -2.34. The Bertz CT molecular complexity index is 309. The van der Waals surface area contributed by atoms with Crippen molar-refractivity contribution in [2.45, 2.75) is 52.1 Å². The third-order valence-electron chi connectivity index (χ3n) is 3.74. The van der Waals surface area contributed by atoms with E-state index in [1.165, 1.54) is 19.3 Å². The first kappa shape index (κ1) is 11.6. The van der Waals surface area contributed by atoms with E-state index in [9.17, 15) is 0 Å². The zero-order chi connectivity index (χ0) is 11.5. The molecule has 1 aliphatic carbocycles. The molecule has 2 rings (SSSR count). The van der Waals surface area contributed by atoms with Gasteiger partial charge in [0, 0.05) is 6.04 Å². The van der Waals surface area contributed by atoms with E-state index >= 15 is 0 Å². The molecule has 4 heteroatoms. The van der Waals surface area contributed by atoms with Gasteiger partial charge in [0.1, 0.15) is 12.2 Å². The van der Waals surface area contributed by atoms with Gasteiger partial charge in [0.05, 0.1) is 6.04 Å². The Kier molecular flexibility index (Phi) is 3.59. The maximum atomic E-state index is 4.19. The van der Waals surface area contributed by atoms with Crippen LogP contribution in [0.3, 0.4) is 0 Å². The Morgan fingerprint density at radius 1 is 1.44 bits per heavy atom. The predicted molar refractivity (Wildman–Crippen MR) is 63.9 cm³/mol. The van der Waals surface area contributed by atoms with E-state index in [0.29, 0.717) is 6.04 Å². The Morgan fingerprint density at radius 3 is 2.88 bits per heavy atom. The summed E-state index contributed by atoms with van der Waals surface area (Å²) in [5.41, 5.74) is 0. The van der Waals surface area contributed by atoms with Gasteiger partial charge in [-0.25, -0.2) is 4.98 Å². The standard InChI is InChI=1S/C12H22N4/c1-8-4-5-11(9(2)6-8)15-10(3)12-13-7-14-16-12/h7-11,15H,4-6H2,1-3H3,(H,13,14,16). The van der Waals surface area contributed by atoms with Crippen LogP contribution in [0.4, 0.5) is 0 Å². The predicted octanol–water partition coefficient (Wildman–Crippen LogP) is 2.28. The van der Waals surface area contributed by atoms with Crippen molar-refractivity contribution in [1.29, 1.82) is 0 Å². The Hall–Kier alpha value is -0.900.